The van der Waals surface area contributed by atoms with Crippen molar-refractivity contribution in [2.75, 3.05) is 20.8 Å². The molecule has 3 N–H and O–H groups in total. The molecular weight excluding hydrogens is 484 g/mol. The fourth-order valence-corrected chi connectivity index (χ4v) is 3.56. The second-order valence-electron chi connectivity index (χ2n) is 9.08. The highest BCUT2D eigenvalue weighted by Gasteiger charge is 2.25. The van der Waals surface area contributed by atoms with Crippen LogP contribution < -0.4 is 10.6 Å². The van der Waals surface area contributed by atoms with E-state index in [-0.39, 0.29) is 42.7 Å². The summed E-state index contributed by atoms with van der Waals surface area (Å²) < 4.78 is 10.1. The quantitative estimate of drug-likeness (QED) is 0.130. The van der Waals surface area contributed by atoms with Gasteiger partial charge in [0, 0.05) is 37.6 Å². The summed E-state index contributed by atoms with van der Waals surface area (Å²) in [7, 11) is 2.89. The fourth-order valence-electron chi connectivity index (χ4n) is 3.56. The van der Waals surface area contributed by atoms with Gasteiger partial charge in [0.15, 0.2) is 0 Å². The van der Waals surface area contributed by atoms with Crippen molar-refractivity contribution in [2.45, 2.75) is 52.2 Å². The Hall–Kier alpha value is -3.49. The largest absolute Gasteiger partial charge is 0.468 e. The van der Waals surface area contributed by atoms with Crippen LogP contribution in [0.15, 0.2) is 72.5 Å². The maximum absolute atomic E-state index is 12.1. The summed E-state index contributed by atoms with van der Waals surface area (Å²) in [4.78, 5) is 34.7. The van der Waals surface area contributed by atoms with Crippen LogP contribution in [0.25, 0.3) is 6.08 Å². The number of nitrogens with one attached hydrogen (secondary N) is 2. The van der Waals surface area contributed by atoms with Crippen LogP contribution >= 0.6 is 0 Å². The minimum Gasteiger partial charge on any atom is -0.468 e. The number of rotatable bonds is 16. The molecule has 0 saturated carbocycles. The lowest BCUT2D eigenvalue weighted by atomic mass is 9.88. The molecule has 0 aromatic heterocycles. The molecule has 38 heavy (non-hydrogen) atoms. The van der Waals surface area contributed by atoms with Gasteiger partial charge in [-0.05, 0) is 30.9 Å². The maximum atomic E-state index is 12.1. The smallest absolute Gasteiger partial charge is 0.325 e. The highest BCUT2D eigenvalue weighted by molar-refractivity contribution is 5.89. The van der Waals surface area contributed by atoms with Gasteiger partial charge in [-0.1, -0.05) is 74.6 Å². The Morgan fingerprint density at radius 1 is 1.08 bits per heavy atom. The molecule has 0 saturated heterocycles. The van der Waals surface area contributed by atoms with Gasteiger partial charge in [-0.2, -0.15) is 0 Å². The zero-order valence-corrected chi connectivity index (χ0v) is 23.1. The number of unbranched alkanes of at least 4 members (excludes halogenated alkanes) is 1. The fraction of sp³-hybridized carbons (Fsp3) is 0.433. The summed E-state index contributed by atoms with van der Waals surface area (Å²) >= 11 is 0. The molecule has 0 heterocycles. The first kappa shape index (κ1) is 32.5. The summed E-state index contributed by atoms with van der Waals surface area (Å²) in [5.74, 6) is -1.29. The summed E-state index contributed by atoms with van der Waals surface area (Å²) in [5.41, 5.74) is 1.81. The lowest BCUT2D eigenvalue weighted by Gasteiger charge is -2.27. The number of benzene rings is 1. The van der Waals surface area contributed by atoms with Crippen molar-refractivity contribution in [1.29, 1.82) is 0 Å². The van der Waals surface area contributed by atoms with Gasteiger partial charge in [0.2, 0.25) is 11.8 Å². The van der Waals surface area contributed by atoms with Gasteiger partial charge in [0.1, 0.15) is 6.54 Å². The predicted molar refractivity (Wildman–Crippen MR) is 150 cm³/mol. The van der Waals surface area contributed by atoms with E-state index in [1.54, 1.807) is 19.4 Å². The van der Waals surface area contributed by atoms with Crippen LogP contribution in [0, 0.1) is 11.8 Å². The first-order valence-electron chi connectivity index (χ1n) is 12.8. The van der Waals surface area contributed by atoms with E-state index < -0.39 is 12.1 Å². The van der Waals surface area contributed by atoms with Gasteiger partial charge in [0.25, 0.3) is 0 Å². The SMILES string of the molecule is COC(=O)CNC(=O)CCC/C=C\NC(=O)/C=C(C)/C=C/C(C)[C@H](O)C(C)C(/C=C/c1ccccc1)OC. The van der Waals surface area contributed by atoms with Crippen molar-refractivity contribution < 1.29 is 29.0 Å². The molecule has 0 aliphatic rings. The second-order valence-corrected chi connectivity index (χ2v) is 9.08. The van der Waals surface area contributed by atoms with E-state index in [0.717, 1.165) is 11.1 Å². The number of hydrogen-bond donors (Lipinski definition) is 3. The van der Waals surface area contributed by atoms with Crippen LogP contribution in [0.2, 0.25) is 0 Å². The number of hydrogen-bond acceptors (Lipinski definition) is 6. The third-order valence-electron chi connectivity index (χ3n) is 5.94. The Morgan fingerprint density at radius 3 is 2.45 bits per heavy atom. The summed E-state index contributed by atoms with van der Waals surface area (Å²) in [6.07, 6.45) is 13.0. The molecule has 0 aliphatic carbocycles. The Kier molecular flexibility index (Phi) is 16.0. The van der Waals surface area contributed by atoms with Crippen LogP contribution in [-0.2, 0) is 23.9 Å². The van der Waals surface area contributed by atoms with Crippen LogP contribution in [0.4, 0.5) is 0 Å². The molecule has 0 spiro atoms. The Morgan fingerprint density at radius 2 is 1.79 bits per heavy atom. The number of aliphatic hydroxyl groups excluding tert-OH is 1. The van der Waals surface area contributed by atoms with Crippen molar-refractivity contribution in [1.82, 2.24) is 10.6 Å². The average molecular weight is 527 g/mol. The van der Waals surface area contributed by atoms with Crippen molar-refractivity contribution in [3.8, 4) is 0 Å². The molecule has 2 amide bonds. The van der Waals surface area contributed by atoms with Crippen molar-refractivity contribution in [3.05, 3.63) is 78.0 Å². The molecule has 8 nitrogen and oxygen atoms in total. The number of allylic oxidation sites excluding steroid dienone is 3. The standard InChI is InChI=1S/C30H42N2O6/c1-22(20-28(34)31-19-11-7-10-14-27(33)32-21-29(35)38-5)15-16-23(2)30(36)24(3)26(37-4)18-17-25-12-8-6-9-13-25/h6,8-9,11-13,15-20,23-24,26,30,36H,7,10,14,21H2,1-5H3,(H,31,34)(H,32,33)/b16-15+,18-17+,19-11-,22-20+/t23?,24?,26?,30-/m0/s1. The third kappa shape index (κ3) is 13.7. The molecule has 208 valence electrons. The van der Waals surface area contributed by atoms with E-state index in [0.29, 0.717) is 12.8 Å². The molecule has 3 unspecified atom stereocenters. The maximum Gasteiger partial charge on any atom is 0.325 e. The van der Waals surface area contributed by atoms with Gasteiger partial charge in [-0.25, -0.2) is 0 Å². The third-order valence-corrected chi connectivity index (χ3v) is 5.94. The number of amides is 2. The van der Waals surface area contributed by atoms with Gasteiger partial charge in [-0.15, -0.1) is 0 Å². The molecule has 1 aromatic carbocycles. The monoisotopic (exact) mass is 526 g/mol. The van der Waals surface area contributed by atoms with E-state index in [1.807, 2.05) is 75.4 Å². The molecule has 8 heteroatoms. The van der Waals surface area contributed by atoms with E-state index in [4.69, 9.17) is 4.74 Å². The lowest BCUT2D eigenvalue weighted by molar-refractivity contribution is -0.141. The minimum absolute atomic E-state index is 0.141. The van der Waals surface area contributed by atoms with Crippen molar-refractivity contribution in [2.24, 2.45) is 11.8 Å². The van der Waals surface area contributed by atoms with Crippen molar-refractivity contribution in [3.63, 3.8) is 0 Å². The zero-order valence-electron chi connectivity index (χ0n) is 23.1. The molecule has 1 rings (SSSR count). The number of esters is 1. The van der Waals surface area contributed by atoms with Gasteiger partial charge in [-0.3, -0.25) is 14.4 Å². The van der Waals surface area contributed by atoms with E-state index in [1.165, 1.54) is 13.2 Å². The van der Waals surface area contributed by atoms with Crippen LogP contribution in [-0.4, -0.2) is 55.9 Å². The number of methoxy groups -OCH3 is 2. The number of ether oxygens (including phenoxy) is 2. The zero-order chi connectivity index (χ0) is 28.3. The Bertz CT molecular complexity index is 984. The summed E-state index contributed by atoms with van der Waals surface area (Å²) in [5, 5.41) is 16.0. The molecule has 0 bridgehead atoms. The van der Waals surface area contributed by atoms with Crippen molar-refractivity contribution >= 4 is 23.9 Å². The van der Waals surface area contributed by atoms with Crippen LogP contribution in [0.3, 0.4) is 0 Å². The number of carbonyl (C=O) groups excluding carboxylic acids is 3. The van der Waals surface area contributed by atoms with E-state index >= 15 is 0 Å². The Balaban J connectivity index is 2.45. The lowest BCUT2D eigenvalue weighted by Crippen LogP contribution is -2.33. The molecular formula is C30H42N2O6. The molecule has 4 atom stereocenters. The molecule has 0 radical (unpaired) electrons. The first-order valence-corrected chi connectivity index (χ1v) is 12.8. The molecule has 0 aliphatic heterocycles. The highest BCUT2D eigenvalue weighted by Crippen LogP contribution is 2.21. The van der Waals surface area contributed by atoms with Crippen LogP contribution in [0.5, 0.6) is 0 Å². The molecule has 0 fully saturated rings. The predicted octanol–water partition coefficient (Wildman–Crippen LogP) is 3.94. The topological polar surface area (TPSA) is 114 Å². The Labute approximate surface area is 226 Å². The second kappa shape index (κ2) is 18.7. The molecule has 1 aromatic rings. The average Bonchev–Trinajstić information content (AvgIpc) is 2.92. The number of carbonyl (C=O) groups is 3. The van der Waals surface area contributed by atoms with E-state index in [2.05, 4.69) is 15.4 Å². The van der Waals surface area contributed by atoms with Crippen LogP contribution in [0.1, 0.15) is 45.6 Å². The number of aliphatic hydroxyl groups is 1. The first-order chi connectivity index (χ1) is 18.2. The van der Waals surface area contributed by atoms with Gasteiger partial charge in [0.05, 0.1) is 19.3 Å². The normalized spacial score (nSPS) is 15.4. The van der Waals surface area contributed by atoms with E-state index in [9.17, 15) is 19.5 Å². The van der Waals surface area contributed by atoms with Gasteiger partial charge < -0.3 is 25.2 Å². The summed E-state index contributed by atoms with van der Waals surface area (Å²) in [6.45, 7) is 5.56. The highest BCUT2D eigenvalue weighted by atomic mass is 16.5. The summed E-state index contributed by atoms with van der Waals surface area (Å²) in [6, 6.07) is 9.93. The van der Waals surface area contributed by atoms with Gasteiger partial charge >= 0.3 is 5.97 Å². The minimum atomic E-state index is -0.635.